The number of nitrogens with one attached hydrogen (secondary N) is 1. The maximum absolute atomic E-state index is 12.6. The Morgan fingerprint density at radius 1 is 1.05 bits per heavy atom. The van der Waals surface area contributed by atoms with Gasteiger partial charge in [-0.05, 0) is 29.8 Å². The number of hydrogen-bond acceptors (Lipinski definition) is 3. The monoisotopic (exact) mass is 295 g/mol. The van der Waals surface area contributed by atoms with E-state index < -0.39 is 11.1 Å². The third-order valence-electron chi connectivity index (χ3n) is 2.75. The lowest BCUT2D eigenvalue weighted by molar-refractivity contribution is -0.134. The smallest absolute Gasteiger partial charge is 0.284 e. The van der Waals surface area contributed by atoms with Gasteiger partial charge in [0.2, 0.25) is 0 Å². The van der Waals surface area contributed by atoms with Gasteiger partial charge in [0, 0.05) is 24.2 Å². The molecule has 0 aliphatic heterocycles. The van der Waals surface area contributed by atoms with Crippen molar-refractivity contribution in [2.45, 2.75) is 6.18 Å². The van der Waals surface area contributed by atoms with Crippen LogP contribution in [0.4, 0.5) is 13.2 Å². The van der Waals surface area contributed by atoms with Crippen molar-refractivity contribution in [3.8, 4) is 21.7 Å². The molecule has 3 aromatic rings. The Kier molecular flexibility index (Phi) is 3.06. The fourth-order valence-electron chi connectivity index (χ4n) is 1.85. The summed E-state index contributed by atoms with van der Waals surface area (Å²) in [7, 11) is 0. The summed E-state index contributed by atoms with van der Waals surface area (Å²) >= 11 is 0.683. The van der Waals surface area contributed by atoms with Gasteiger partial charge in [0.1, 0.15) is 10.6 Å². The van der Waals surface area contributed by atoms with Crippen molar-refractivity contribution < 1.29 is 13.2 Å². The largest absolute Gasteiger partial charge is 0.425 e. The summed E-state index contributed by atoms with van der Waals surface area (Å²) in [5.41, 5.74) is 2.12. The number of hydrogen-bond donors (Lipinski definition) is 1. The second-order valence-electron chi connectivity index (χ2n) is 4.05. The summed E-state index contributed by atoms with van der Waals surface area (Å²) in [4.78, 5) is 3.77. The molecule has 0 aliphatic carbocycles. The maximum Gasteiger partial charge on any atom is 0.425 e. The van der Waals surface area contributed by atoms with Crippen LogP contribution < -0.4 is 0 Å². The number of aromatic amines is 1. The Morgan fingerprint density at radius 3 is 2.45 bits per heavy atom. The Hall–Kier alpha value is -2.15. The molecule has 3 rings (SSSR count). The zero-order valence-electron chi connectivity index (χ0n) is 9.98. The van der Waals surface area contributed by atoms with Crippen LogP contribution in [-0.4, -0.2) is 15.2 Å². The lowest BCUT2D eigenvalue weighted by Crippen LogP contribution is -2.00. The number of rotatable bonds is 2. The quantitative estimate of drug-likeness (QED) is 0.769. The van der Waals surface area contributed by atoms with E-state index in [-0.39, 0.29) is 0 Å². The summed E-state index contributed by atoms with van der Waals surface area (Å²) in [5.74, 6) is 0. The van der Waals surface area contributed by atoms with Crippen LogP contribution in [0.15, 0.2) is 42.9 Å². The molecule has 0 spiro atoms. The van der Waals surface area contributed by atoms with E-state index in [1.165, 1.54) is 6.07 Å². The molecule has 3 aromatic heterocycles. The first kappa shape index (κ1) is 12.9. The predicted octanol–water partition coefficient (Wildman–Crippen LogP) is 4.22. The normalized spacial score (nSPS) is 11.8. The molecule has 0 fully saturated rings. The summed E-state index contributed by atoms with van der Waals surface area (Å²) < 4.78 is 37.9. The Bertz CT molecular complexity index is 716. The van der Waals surface area contributed by atoms with E-state index in [0.717, 1.165) is 17.2 Å². The van der Waals surface area contributed by atoms with Crippen LogP contribution >= 0.6 is 11.3 Å². The zero-order valence-corrected chi connectivity index (χ0v) is 10.8. The number of aromatic nitrogens is 3. The number of H-pyrrole nitrogens is 1. The molecule has 7 heteroatoms. The number of pyridine rings is 1. The molecular formula is C13H8F3N3S. The first-order chi connectivity index (χ1) is 9.55. The molecule has 20 heavy (non-hydrogen) atoms. The van der Waals surface area contributed by atoms with Gasteiger partial charge in [-0.2, -0.15) is 18.3 Å². The molecular weight excluding hydrogens is 287 g/mol. The van der Waals surface area contributed by atoms with Gasteiger partial charge in [0.05, 0.1) is 4.88 Å². The highest BCUT2D eigenvalue weighted by Crippen LogP contribution is 2.40. The van der Waals surface area contributed by atoms with E-state index in [0.29, 0.717) is 21.9 Å². The molecule has 0 aliphatic rings. The molecule has 3 nitrogen and oxygen atoms in total. The fraction of sp³-hybridized carbons (Fsp3) is 0.0769. The highest BCUT2D eigenvalue weighted by molar-refractivity contribution is 7.15. The van der Waals surface area contributed by atoms with Crippen molar-refractivity contribution in [1.82, 2.24) is 15.2 Å². The molecule has 0 saturated heterocycles. The fourth-order valence-corrected chi connectivity index (χ4v) is 2.72. The minimum Gasteiger partial charge on any atom is -0.284 e. The molecule has 0 unspecified atom stereocenters. The average Bonchev–Trinajstić information content (AvgIpc) is 3.07. The second-order valence-corrected chi connectivity index (χ2v) is 5.13. The highest BCUT2D eigenvalue weighted by atomic mass is 32.1. The zero-order chi connectivity index (χ0) is 14.2. The van der Waals surface area contributed by atoms with Crippen LogP contribution in [0.2, 0.25) is 0 Å². The molecule has 102 valence electrons. The summed E-state index contributed by atoms with van der Waals surface area (Å²) in [6.45, 7) is 0. The lowest BCUT2D eigenvalue weighted by atomic mass is 10.1. The molecule has 0 bridgehead atoms. The van der Waals surface area contributed by atoms with Crippen LogP contribution in [0, 0.1) is 0 Å². The Morgan fingerprint density at radius 2 is 1.80 bits per heavy atom. The molecule has 0 radical (unpaired) electrons. The number of halogens is 3. The van der Waals surface area contributed by atoms with Crippen molar-refractivity contribution in [2.75, 3.05) is 0 Å². The first-order valence-electron chi connectivity index (χ1n) is 5.67. The SMILES string of the molecule is FC(F)(F)c1ccc(-c2n[nH]cc2-c2ccncc2)s1. The van der Waals surface area contributed by atoms with Crippen LogP contribution in [0.3, 0.4) is 0 Å². The van der Waals surface area contributed by atoms with E-state index in [2.05, 4.69) is 15.2 Å². The lowest BCUT2D eigenvalue weighted by Gasteiger charge is -2.01. The number of nitrogens with zero attached hydrogens (tertiary/aromatic N) is 2. The van der Waals surface area contributed by atoms with Gasteiger partial charge >= 0.3 is 6.18 Å². The van der Waals surface area contributed by atoms with Gasteiger partial charge in [0.15, 0.2) is 0 Å². The van der Waals surface area contributed by atoms with E-state index >= 15 is 0 Å². The van der Waals surface area contributed by atoms with Crippen LogP contribution in [0.1, 0.15) is 4.88 Å². The predicted molar refractivity (Wildman–Crippen MR) is 70.1 cm³/mol. The third-order valence-corrected chi connectivity index (χ3v) is 3.89. The minimum absolute atomic E-state index is 0.477. The third kappa shape index (κ3) is 2.32. The molecule has 0 amide bonds. The van der Waals surface area contributed by atoms with Crippen molar-refractivity contribution >= 4 is 11.3 Å². The topological polar surface area (TPSA) is 41.6 Å². The molecule has 0 saturated carbocycles. The number of thiophene rings is 1. The Balaban J connectivity index is 2.04. The maximum atomic E-state index is 12.6. The first-order valence-corrected chi connectivity index (χ1v) is 6.49. The molecule has 3 heterocycles. The summed E-state index contributed by atoms with van der Waals surface area (Å²) in [6, 6.07) is 6.08. The average molecular weight is 295 g/mol. The van der Waals surface area contributed by atoms with Gasteiger partial charge in [-0.15, -0.1) is 11.3 Å². The molecule has 0 aromatic carbocycles. The van der Waals surface area contributed by atoms with Crippen LogP contribution in [0.5, 0.6) is 0 Å². The van der Waals surface area contributed by atoms with Gasteiger partial charge in [-0.1, -0.05) is 0 Å². The van der Waals surface area contributed by atoms with E-state index in [1.54, 1.807) is 30.7 Å². The van der Waals surface area contributed by atoms with E-state index in [9.17, 15) is 13.2 Å². The van der Waals surface area contributed by atoms with E-state index in [4.69, 9.17) is 0 Å². The van der Waals surface area contributed by atoms with Gasteiger partial charge < -0.3 is 0 Å². The molecule has 1 N–H and O–H groups in total. The Labute approximate surface area is 116 Å². The van der Waals surface area contributed by atoms with Gasteiger partial charge in [-0.3, -0.25) is 10.1 Å². The number of alkyl halides is 3. The second kappa shape index (κ2) is 4.75. The van der Waals surface area contributed by atoms with E-state index in [1.807, 2.05) is 0 Å². The van der Waals surface area contributed by atoms with Crippen molar-refractivity contribution in [3.63, 3.8) is 0 Å². The summed E-state index contributed by atoms with van der Waals surface area (Å²) in [5, 5.41) is 6.75. The minimum atomic E-state index is -4.32. The van der Waals surface area contributed by atoms with Gasteiger partial charge in [-0.25, -0.2) is 0 Å². The van der Waals surface area contributed by atoms with Crippen LogP contribution in [0.25, 0.3) is 21.7 Å². The standard InChI is InChI=1S/C13H8F3N3S/c14-13(15,16)11-2-1-10(20-11)12-9(7-18-19-12)8-3-5-17-6-4-8/h1-7H,(H,18,19). The highest BCUT2D eigenvalue weighted by Gasteiger charge is 2.32. The summed E-state index contributed by atoms with van der Waals surface area (Å²) in [6.07, 6.45) is 0.594. The van der Waals surface area contributed by atoms with Crippen molar-refractivity contribution in [2.24, 2.45) is 0 Å². The van der Waals surface area contributed by atoms with Crippen molar-refractivity contribution in [1.29, 1.82) is 0 Å². The van der Waals surface area contributed by atoms with Gasteiger partial charge in [0.25, 0.3) is 0 Å². The van der Waals surface area contributed by atoms with Crippen LogP contribution in [-0.2, 0) is 6.18 Å². The van der Waals surface area contributed by atoms with Crippen molar-refractivity contribution in [3.05, 3.63) is 47.7 Å². The molecule has 0 atom stereocenters.